The van der Waals surface area contributed by atoms with Crippen LogP contribution in [-0.2, 0) is 9.59 Å². The summed E-state index contributed by atoms with van der Waals surface area (Å²) in [6.45, 7) is -0.0477. The summed E-state index contributed by atoms with van der Waals surface area (Å²) in [5.74, 6) is 0.689. The Morgan fingerprint density at radius 3 is 2.81 bits per heavy atom. The van der Waals surface area contributed by atoms with Gasteiger partial charge in [0.1, 0.15) is 0 Å². The Kier molecular flexibility index (Phi) is 6.71. The van der Waals surface area contributed by atoms with E-state index >= 15 is 0 Å². The average molecular weight is 262 g/mol. The summed E-state index contributed by atoms with van der Waals surface area (Å²) >= 11 is 0. The Morgan fingerprint density at radius 2 is 2.19 bits per heavy atom. The van der Waals surface area contributed by atoms with E-state index in [1.807, 2.05) is 21.6 Å². The molecule has 0 spiro atoms. The number of carbonyl (C=O) groups is 2. The molecule has 1 saturated heterocycles. The molecule has 1 aliphatic heterocycles. The summed E-state index contributed by atoms with van der Waals surface area (Å²) in [5.41, 5.74) is 4.92. The van der Waals surface area contributed by atoms with E-state index < -0.39 is 5.91 Å². The standard InChI is InChI=1S/C10H18N2O2S2/c11-9(13)7-12-10(14)4-2-1-3-8-5-6-15-16-8/h8H,1-7H2,(H2,11,13)(H,12,14)/t8-/m1/s1. The predicted molar refractivity (Wildman–Crippen MR) is 69.1 cm³/mol. The van der Waals surface area contributed by atoms with Gasteiger partial charge in [0.25, 0.3) is 0 Å². The second kappa shape index (κ2) is 7.84. The fourth-order valence-electron chi connectivity index (χ4n) is 1.50. The van der Waals surface area contributed by atoms with E-state index in [4.69, 9.17) is 5.73 Å². The van der Waals surface area contributed by atoms with E-state index in [-0.39, 0.29) is 12.5 Å². The van der Waals surface area contributed by atoms with Crippen molar-refractivity contribution in [2.75, 3.05) is 12.3 Å². The van der Waals surface area contributed by atoms with Crippen molar-refractivity contribution in [3.63, 3.8) is 0 Å². The van der Waals surface area contributed by atoms with Gasteiger partial charge in [0.05, 0.1) is 6.54 Å². The molecule has 92 valence electrons. The molecule has 1 atom stereocenters. The van der Waals surface area contributed by atoms with E-state index in [1.165, 1.54) is 18.6 Å². The van der Waals surface area contributed by atoms with E-state index in [2.05, 4.69) is 5.32 Å². The molecule has 0 saturated carbocycles. The SMILES string of the molecule is NC(=O)CNC(=O)CCCC[C@@H]1CCSS1. The van der Waals surface area contributed by atoms with Crippen LogP contribution in [0.3, 0.4) is 0 Å². The third-order valence-electron chi connectivity index (χ3n) is 2.37. The normalized spacial score (nSPS) is 19.6. The van der Waals surface area contributed by atoms with Gasteiger partial charge in [-0.2, -0.15) is 0 Å². The monoisotopic (exact) mass is 262 g/mol. The third-order valence-corrected chi connectivity index (χ3v) is 5.37. The first-order chi connectivity index (χ1) is 7.68. The lowest BCUT2D eigenvalue weighted by Gasteiger charge is -2.06. The van der Waals surface area contributed by atoms with Gasteiger partial charge in [0.15, 0.2) is 0 Å². The lowest BCUT2D eigenvalue weighted by Crippen LogP contribution is -2.33. The van der Waals surface area contributed by atoms with Crippen molar-refractivity contribution < 1.29 is 9.59 Å². The molecule has 0 aromatic heterocycles. The maximum atomic E-state index is 11.2. The van der Waals surface area contributed by atoms with Crippen molar-refractivity contribution in [3.8, 4) is 0 Å². The molecule has 0 unspecified atom stereocenters. The number of amides is 2. The summed E-state index contributed by atoms with van der Waals surface area (Å²) in [6.07, 6.45) is 4.97. The van der Waals surface area contributed by atoms with Gasteiger partial charge < -0.3 is 11.1 Å². The minimum atomic E-state index is -0.493. The topological polar surface area (TPSA) is 72.2 Å². The van der Waals surface area contributed by atoms with Crippen molar-refractivity contribution in [2.45, 2.75) is 37.4 Å². The van der Waals surface area contributed by atoms with Crippen LogP contribution in [0, 0.1) is 0 Å². The molecule has 1 fully saturated rings. The molecule has 0 bridgehead atoms. The number of nitrogens with two attached hydrogens (primary N) is 1. The summed E-state index contributed by atoms with van der Waals surface area (Å²) in [5, 5.41) is 3.26. The summed E-state index contributed by atoms with van der Waals surface area (Å²) in [6, 6.07) is 0. The largest absolute Gasteiger partial charge is 0.368 e. The smallest absolute Gasteiger partial charge is 0.236 e. The predicted octanol–water partition coefficient (Wildman–Crippen LogP) is 1.30. The average Bonchev–Trinajstić information content (AvgIpc) is 2.74. The lowest BCUT2D eigenvalue weighted by atomic mass is 10.1. The summed E-state index contributed by atoms with van der Waals surface area (Å²) in [4.78, 5) is 21.6. The number of unbranched alkanes of at least 4 members (excludes halogenated alkanes) is 1. The van der Waals surface area contributed by atoms with Crippen LogP contribution in [0.15, 0.2) is 0 Å². The Labute approximate surface area is 104 Å². The molecule has 1 aliphatic rings. The maximum absolute atomic E-state index is 11.2. The maximum Gasteiger partial charge on any atom is 0.236 e. The van der Waals surface area contributed by atoms with Gasteiger partial charge in [-0.15, -0.1) is 0 Å². The first-order valence-corrected chi connectivity index (χ1v) is 7.90. The van der Waals surface area contributed by atoms with Crippen molar-refractivity contribution in [1.82, 2.24) is 5.32 Å². The molecule has 0 aromatic carbocycles. The van der Waals surface area contributed by atoms with Crippen LogP contribution in [0.5, 0.6) is 0 Å². The second-order valence-electron chi connectivity index (χ2n) is 3.82. The fraction of sp³-hybridized carbons (Fsp3) is 0.800. The van der Waals surface area contributed by atoms with Crippen LogP contribution in [0.1, 0.15) is 32.1 Å². The molecule has 0 radical (unpaired) electrons. The molecule has 1 heterocycles. The Balaban J connectivity index is 1.93. The van der Waals surface area contributed by atoms with Gasteiger partial charge in [-0.3, -0.25) is 9.59 Å². The number of rotatable bonds is 7. The van der Waals surface area contributed by atoms with Gasteiger partial charge in [-0.1, -0.05) is 28.0 Å². The van der Waals surface area contributed by atoms with Crippen molar-refractivity contribution in [1.29, 1.82) is 0 Å². The third kappa shape index (κ3) is 6.27. The molecule has 2 amide bonds. The number of primary amides is 1. The zero-order chi connectivity index (χ0) is 11.8. The second-order valence-corrected chi connectivity index (χ2v) is 6.61. The summed E-state index contributed by atoms with van der Waals surface area (Å²) in [7, 11) is 3.91. The van der Waals surface area contributed by atoms with E-state index in [9.17, 15) is 9.59 Å². The van der Waals surface area contributed by atoms with Gasteiger partial charge >= 0.3 is 0 Å². The minimum Gasteiger partial charge on any atom is -0.368 e. The quantitative estimate of drug-likeness (QED) is 0.536. The zero-order valence-electron chi connectivity index (χ0n) is 9.24. The molecule has 4 nitrogen and oxygen atoms in total. The van der Waals surface area contributed by atoms with Crippen molar-refractivity contribution in [3.05, 3.63) is 0 Å². The zero-order valence-corrected chi connectivity index (χ0v) is 10.9. The number of nitrogens with one attached hydrogen (secondary N) is 1. The molecule has 0 aromatic rings. The highest BCUT2D eigenvalue weighted by atomic mass is 33.1. The molecular weight excluding hydrogens is 244 g/mol. The molecular formula is C10H18N2O2S2. The van der Waals surface area contributed by atoms with Gasteiger partial charge in [-0.05, 0) is 19.3 Å². The van der Waals surface area contributed by atoms with Crippen LogP contribution >= 0.6 is 21.6 Å². The lowest BCUT2D eigenvalue weighted by molar-refractivity contribution is -0.124. The van der Waals surface area contributed by atoms with Crippen LogP contribution in [0.2, 0.25) is 0 Å². The highest BCUT2D eigenvalue weighted by Gasteiger charge is 2.15. The van der Waals surface area contributed by atoms with Crippen LogP contribution in [-0.4, -0.2) is 29.4 Å². The fourth-order valence-corrected chi connectivity index (χ4v) is 4.52. The number of hydrogen-bond acceptors (Lipinski definition) is 4. The Hall–Kier alpha value is -0.360. The highest BCUT2D eigenvalue weighted by Crippen LogP contribution is 2.39. The van der Waals surface area contributed by atoms with Gasteiger partial charge in [0.2, 0.25) is 11.8 Å². The summed E-state index contributed by atoms with van der Waals surface area (Å²) < 4.78 is 0. The van der Waals surface area contributed by atoms with Gasteiger partial charge in [-0.25, -0.2) is 0 Å². The number of hydrogen-bond donors (Lipinski definition) is 2. The van der Waals surface area contributed by atoms with Crippen LogP contribution in [0.4, 0.5) is 0 Å². The van der Waals surface area contributed by atoms with Crippen molar-refractivity contribution in [2.24, 2.45) is 5.73 Å². The first kappa shape index (κ1) is 13.7. The van der Waals surface area contributed by atoms with E-state index in [0.717, 1.165) is 18.1 Å². The first-order valence-electron chi connectivity index (χ1n) is 5.52. The minimum absolute atomic E-state index is 0.0477. The number of carbonyl (C=O) groups excluding carboxylic acids is 2. The van der Waals surface area contributed by atoms with Crippen molar-refractivity contribution >= 4 is 33.4 Å². The highest BCUT2D eigenvalue weighted by molar-refractivity contribution is 8.77. The molecule has 0 aliphatic carbocycles. The van der Waals surface area contributed by atoms with Gasteiger partial charge in [0, 0.05) is 17.4 Å². The Morgan fingerprint density at radius 1 is 1.38 bits per heavy atom. The molecule has 3 N–H and O–H groups in total. The van der Waals surface area contributed by atoms with E-state index in [1.54, 1.807) is 0 Å². The molecule has 16 heavy (non-hydrogen) atoms. The van der Waals surface area contributed by atoms with Crippen LogP contribution < -0.4 is 11.1 Å². The molecule has 6 heteroatoms. The van der Waals surface area contributed by atoms with E-state index in [0.29, 0.717) is 6.42 Å². The Bertz CT molecular complexity index is 243. The molecule has 1 rings (SSSR count). The van der Waals surface area contributed by atoms with Crippen LogP contribution in [0.25, 0.3) is 0 Å².